The third kappa shape index (κ3) is 6.97. The topological polar surface area (TPSA) is 39.7 Å². The van der Waals surface area contributed by atoms with Gasteiger partial charge in [0.15, 0.2) is 5.96 Å². The minimum Gasteiger partial charge on any atom is -0.356 e. The lowest BCUT2D eigenvalue weighted by Crippen LogP contribution is -2.40. The number of guanidine groups is 1. The van der Waals surface area contributed by atoms with E-state index in [0.29, 0.717) is 6.04 Å². The number of nitrogens with one attached hydrogen (secondary N) is 2. The van der Waals surface area contributed by atoms with Crippen LogP contribution in [0.15, 0.2) is 22.5 Å². The number of aliphatic imine (C=N–C) groups is 1. The van der Waals surface area contributed by atoms with Crippen LogP contribution in [0, 0.1) is 5.92 Å². The average molecular weight is 450 g/mol. The van der Waals surface area contributed by atoms with Crippen molar-refractivity contribution < 1.29 is 0 Å². The van der Waals surface area contributed by atoms with Crippen molar-refractivity contribution in [3.05, 3.63) is 22.4 Å². The lowest BCUT2D eigenvalue weighted by molar-refractivity contribution is 0.187. The predicted octanol–water partition coefficient (Wildman–Crippen LogP) is 3.71. The first-order chi connectivity index (χ1) is 10.7. The Balaban J connectivity index is 0.00000264. The number of nitrogens with zero attached hydrogens (tertiary/aromatic N) is 2. The highest BCUT2D eigenvalue weighted by Crippen LogP contribution is 2.20. The molecule has 1 aliphatic heterocycles. The third-order valence-corrected chi connectivity index (χ3v) is 5.60. The third-order valence-electron chi connectivity index (χ3n) is 4.55. The van der Waals surface area contributed by atoms with E-state index in [-0.39, 0.29) is 24.0 Å². The molecule has 0 radical (unpaired) electrons. The number of likely N-dealkylation sites (tertiary alicyclic amines) is 1. The normalized spacial score (nSPS) is 18.3. The monoisotopic (exact) mass is 450 g/mol. The SMILES string of the molecule is CCN1CCC(CCNC(=NC)NC(C)c2cccs2)CC1.I. The largest absolute Gasteiger partial charge is 0.356 e. The maximum atomic E-state index is 4.34. The lowest BCUT2D eigenvalue weighted by Gasteiger charge is -2.31. The highest BCUT2D eigenvalue weighted by Gasteiger charge is 2.17. The quantitative estimate of drug-likeness (QED) is 0.394. The fraction of sp³-hybridized carbons (Fsp3) is 0.706. The molecule has 0 bridgehead atoms. The molecule has 0 saturated carbocycles. The summed E-state index contributed by atoms with van der Waals surface area (Å²) in [6.07, 6.45) is 3.92. The molecule has 0 aromatic carbocycles. The van der Waals surface area contributed by atoms with E-state index in [9.17, 15) is 0 Å². The second kappa shape index (κ2) is 11.3. The molecule has 2 rings (SSSR count). The van der Waals surface area contributed by atoms with Crippen LogP contribution < -0.4 is 10.6 Å². The van der Waals surface area contributed by atoms with Gasteiger partial charge in [0.1, 0.15) is 0 Å². The highest BCUT2D eigenvalue weighted by molar-refractivity contribution is 14.0. The van der Waals surface area contributed by atoms with Crippen molar-refractivity contribution >= 4 is 41.3 Å². The zero-order valence-corrected chi connectivity index (χ0v) is 17.7. The molecule has 23 heavy (non-hydrogen) atoms. The standard InChI is InChI=1S/C17H30N4S.HI/c1-4-21-11-8-15(9-12-21)7-10-19-17(18-3)20-14(2)16-6-5-13-22-16;/h5-6,13-15H,4,7-12H2,1-3H3,(H2,18,19,20);1H. The summed E-state index contributed by atoms with van der Waals surface area (Å²) in [4.78, 5) is 8.23. The Bertz CT molecular complexity index is 441. The van der Waals surface area contributed by atoms with E-state index in [2.05, 4.69) is 51.9 Å². The zero-order valence-electron chi connectivity index (χ0n) is 14.5. The molecule has 1 atom stereocenters. The lowest BCUT2D eigenvalue weighted by atomic mass is 9.93. The first-order valence-electron chi connectivity index (χ1n) is 8.45. The molecule has 1 unspecified atom stereocenters. The Kier molecular flexibility index (Phi) is 10.1. The molecule has 0 spiro atoms. The van der Waals surface area contributed by atoms with Crippen LogP contribution in [0.1, 0.15) is 44.0 Å². The van der Waals surface area contributed by atoms with Gasteiger partial charge >= 0.3 is 0 Å². The summed E-state index contributed by atoms with van der Waals surface area (Å²) in [5, 5.41) is 9.05. The van der Waals surface area contributed by atoms with Gasteiger partial charge in [-0.25, -0.2) is 0 Å². The summed E-state index contributed by atoms with van der Waals surface area (Å²) in [5.41, 5.74) is 0. The summed E-state index contributed by atoms with van der Waals surface area (Å²) in [7, 11) is 1.84. The predicted molar refractivity (Wildman–Crippen MR) is 112 cm³/mol. The van der Waals surface area contributed by atoms with E-state index in [1.54, 1.807) is 11.3 Å². The van der Waals surface area contributed by atoms with Crippen molar-refractivity contribution in [2.45, 2.75) is 39.2 Å². The Morgan fingerprint density at radius 2 is 2.17 bits per heavy atom. The second-order valence-electron chi connectivity index (χ2n) is 6.05. The van der Waals surface area contributed by atoms with E-state index < -0.39 is 0 Å². The Morgan fingerprint density at radius 1 is 1.43 bits per heavy atom. The molecule has 2 N–H and O–H groups in total. The van der Waals surface area contributed by atoms with Gasteiger partial charge in [-0.3, -0.25) is 4.99 Å². The Hall–Kier alpha value is -0.340. The maximum absolute atomic E-state index is 4.34. The Morgan fingerprint density at radius 3 is 2.74 bits per heavy atom. The van der Waals surface area contributed by atoms with Crippen LogP contribution >= 0.6 is 35.3 Å². The van der Waals surface area contributed by atoms with Crippen molar-refractivity contribution in [1.82, 2.24) is 15.5 Å². The van der Waals surface area contributed by atoms with E-state index in [1.807, 2.05) is 7.05 Å². The van der Waals surface area contributed by atoms with Gasteiger partial charge in [0, 0.05) is 18.5 Å². The molecule has 6 heteroatoms. The van der Waals surface area contributed by atoms with Crippen LogP contribution in [0.4, 0.5) is 0 Å². The number of hydrogen-bond acceptors (Lipinski definition) is 3. The van der Waals surface area contributed by atoms with E-state index in [4.69, 9.17) is 0 Å². The fourth-order valence-corrected chi connectivity index (χ4v) is 3.73. The number of hydrogen-bond donors (Lipinski definition) is 2. The van der Waals surface area contributed by atoms with Crippen molar-refractivity contribution in [3.63, 3.8) is 0 Å². The molecule has 4 nitrogen and oxygen atoms in total. The molecule has 1 aromatic rings. The number of halogens is 1. The molecule has 0 amide bonds. The van der Waals surface area contributed by atoms with Crippen LogP contribution in [-0.2, 0) is 0 Å². The van der Waals surface area contributed by atoms with Gasteiger partial charge < -0.3 is 15.5 Å². The van der Waals surface area contributed by atoms with Crippen LogP contribution in [0.25, 0.3) is 0 Å². The summed E-state index contributed by atoms with van der Waals surface area (Å²) in [6, 6.07) is 4.56. The van der Waals surface area contributed by atoms with Crippen molar-refractivity contribution in [3.8, 4) is 0 Å². The van der Waals surface area contributed by atoms with Crippen LogP contribution in [0.2, 0.25) is 0 Å². The smallest absolute Gasteiger partial charge is 0.191 e. The molecule has 1 aliphatic rings. The molecule has 1 fully saturated rings. The summed E-state index contributed by atoms with van der Waals surface area (Å²) < 4.78 is 0. The summed E-state index contributed by atoms with van der Waals surface area (Å²) in [6.45, 7) is 9.17. The van der Waals surface area contributed by atoms with E-state index in [0.717, 1.165) is 18.4 Å². The molecular weight excluding hydrogens is 419 g/mol. The number of thiophene rings is 1. The van der Waals surface area contributed by atoms with Crippen LogP contribution in [0.5, 0.6) is 0 Å². The van der Waals surface area contributed by atoms with Crippen molar-refractivity contribution in [1.29, 1.82) is 0 Å². The van der Waals surface area contributed by atoms with Gasteiger partial charge in [-0.1, -0.05) is 13.0 Å². The van der Waals surface area contributed by atoms with Gasteiger partial charge in [-0.2, -0.15) is 0 Å². The first kappa shape index (κ1) is 20.7. The van der Waals surface area contributed by atoms with Crippen molar-refractivity contribution in [2.75, 3.05) is 33.2 Å². The van der Waals surface area contributed by atoms with Gasteiger partial charge in [0.25, 0.3) is 0 Å². The summed E-state index contributed by atoms with van der Waals surface area (Å²) in [5.74, 6) is 1.77. The van der Waals surface area contributed by atoms with Gasteiger partial charge in [-0.05, 0) is 63.2 Å². The molecular formula is C17H31IN4S. The zero-order chi connectivity index (χ0) is 15.8. The van der Waals surface area contributed by atoms with Crippen LogP contribution in [-0.4, -0.2) is 44.1 Å². The minimum atomic E-state index is 0. The summed E-state index contributed by atoms with van der Waals surface area (Å²) >= 11 is 1.78. The van der Waals surface area contributed by atoms with Gasteiger partial charge in [-0.15, -0.1) is 35.3 Å². The molecule has 1 aromatic heterocycles. The fourth-order valence-electron chi connectivity index (χ4n) is 2.99. The van der Waals surface area contributed by atoms with E-state index in [1.165, 1.54) is 43.8 Å². The molecule has 132 valence electrons. The first-order valence-corrected chi connectivity index (χ1v) is 9.33. The maximum Gasteiger partial charge on any atom is 0.191 e. The second-order valence-corrected chi connectivity index (χ2v) is 7.03. The number of piperidine rings is 1. The average Bonchev–Trinajstić information content (AvgIpc) is 3.09. The van der Waals surface area contributed by atoms with E-state index >= 15 is 0 Å². The Labute approximate surface area is 162 Å². The highest BCUT2D eigenvalue weighted by atomic mass is 127. The molecule has 0 aliphatic carbocycles. The van der Waals surface area contributed by atoms with Crippen molar-refractivity contribution in [2.24, 2.45) is 10.9 Å². The van der Waals surface area contributed by atoms with Crippen LogP contribution in [0.3, 0.4) is 0 Å². The molecule has 2 heterocycles. The molecule has 1 saturated heterocycles. The minimum absolute atomic E-state index is 0. The number of rotatable bonds is 6. The van der Waals surface area contributed by atoms with Gasteiger partial charge in [0.2, 0.25) is 0 Å². The van der Waals surface area contributed by atoms with Gasteiger partial charge in [0.05, 0.1) is 6.04 Å².